The van der Waals surface area contributed by atoms with Crippen molar-refractivity contribution in [2.75, 3.05) is 16.9 Å². The Balaban J connectivity index is 2.34. The van der Waals surface area contributed by atoms with E-state index < -0.39 is 0 Å². The van der Waals surface area contributed by atoms with E-state index in [0.717, 1.165) is 18.2 Å². The van der Waals surface area contributed by atoms with Crippen LogP contribution in [-0.2, 0) is 0 Å². The maximum atomic E-state index is 5.52. The minimum atomic E-state index is 0.296. The fourth-order valence-corrected chi connectivity index (χ4v) is 2.54. The largest absolute Gasteiger partial charge is 0.353 e. The normalized spacial score (nSPS) is 23.8. The second kappa shape index (κ2) is 5.74. The van der Waals surface area contributed by atoms with E-state index in [-0.39, 0.29) is 0 Å². The average molecular weight is 263 g/mol. The number of hydrogen-bond donors (Lipinski definition) is 2. The maximum absolute atomic E-state index is 5.52. The molecule has 1 aliphatic heterocycles. The Morgan fingerprint density at radius 2 is 2.05 bits per heavy atom. The first-order valence-electron chi connectivity index (χ1n) is 7.13. The molecule has 106 valence electrons. The second-order valence-corrected chi connectivity index (χ2v) is 5.95. The van der Waals surface area contributed by atoms with Gasteiger partial charge in [-0.3, -0.25) is 0 Å². The van der Waals surface area contributed by atoms with E-state index in [1.165, 1.54) is 12.8 Å². The number of nitrogens with one attached hydrogen (secondary N) is 1. The van der Waals surface area contributed by atoms with Crippen molar-refractivity contribution in [3.8, 4) is 0 Å². The first-order chi connectivity index (χ1) is 9.01. The fraction of sp³-hybridized carbons (Fsp3) is 0.714. The van der Waals surface area contributed by atoms with Crippen molar-refractivity contribution in [2.45, 2.75) is 52.5 Å². The van der Waals surface area contributed by atoms with E-state index in [9.17, 15) is 0 Å². The van der Waals surface area contributed by atoms with Gasteiger partial charge in [-0.1, -0.05) is 20.8 Å². The number of piperidine rings is 1. The Morgan fingerprint density at radius 3 is 2.68 bits per heavy atom. The Bertz CT molecular complexity index is 432. The Labute approximate surface area is 115 Å². The molecule has 0 aromatic carbocycles. The highest BCUT2D eigenvalue weighted by atomic mass is 15.3. The monoisotopic (exact) mass is 263 g/mol. The third-order valence-corrected chi connectivity index (χ3v) is 3.81. The summed E-state index contributed by atoms with van der Waals surface area (Å²) in [5, 5.41) is 0. The molecule has 0 amide bonds. The van der Waals surface area contributed by atoms with Crippen molar-refractivity contribution in [1.82, 2.24) is 9.97 Å². The first-order valence-corrected chi connectivity index (χ1v) is 7.13. The number of nitrogens with two attached hydrogens (primary N) is 1. The van der Waals surface area contributed by atoms with E-state index in [1.807, 2.05) is 6.07 Å². The summed E-state index contributed by atoms with van der Waals surface area (Å²) in [6, 6.07) is 2.47. The molecule has 3 N–H and O–H groups in total. The summed E-state index contributed by atoms with van der Waals surface area (Å²) in [6.07, 6.45) is 2.51. The highest BCUT2D eigenvalue weighted by Gasteiger charge is 2.25. The predicted octanol–water partition coefficient (Wildman–Crippen LogP) is 2.51. The number of hydrogen-bond acceptors (Lipinski definition) is 5. The molecule has 1 fully saturated rings. The van der Waals surface area contributed by atoms with Gasteiger partial charge >= 0.3 is 0 Å². The molecular weight excluding hydrogens is 238 g/mol. The maximum Gasteiger partial charge on any atom is 0.145 e. The predicted molar refractivity (Wildman–Crippen MR) is 79.1 cm³/mol. The van der Waals surface area contributed by atoms with E-state index in [1.54, 1.807) is 0 Å². The molecule has 1 aromatic heterocycles. The summed E-state index contributed by atoms with van der Waals surface area (Å²) in [6.45, 7) is 9.81. The lowest BCUT2D eigenvalue weighted by atomic mass is 9.95. The van der Waals surface area contributed by atoms with Crippen LogP contribution in [0.5, 0.6) is 0 Å². The quantitative estimate of drug-likeness (QED) is 0.648. The minimum absolute atomic E-state index is 0.296. The molecule has 0 aliphatic carbocycles. The molecule has 1 aliphatic rings. The lowest BCUT2D eigenvalue weighted by Crippen LogP contribution is -2.41. The van der Waals surface area contributed by atoms with E-state index >= 15 is 0 Å². The van der Waals surface area contributed by atoms with Crippen LogP contribution in [0.2, 0.25) is 0 Å². The van der Waals surface area contributed by atoms with Crippen LogP contribution >= 0.6 is 0 Å². The molecule has 2 heterocycles. The van der Waals surface area contributed by atoms with Crippen LogP contribution < -0.4 is 16.2 Å². The van der Waals surface area contributed by atoms with E-state index in [0.29, 0.717) is 23.7 Å². The van der Waals surface area contributed by atoms with Gasteiger partial charge in [0.15, 0.2) is 0 Å². The number of hydrazine groups is 1. The molecular formula is C14H25N5. The van der Waals surface area contributed by atoms with Gasteiger partial charge in [0.1, 0.15) is 17.5 Å². The Kier molecular flexibility index (Phi) is 4.24. The lowest BCUT2D eigenvalue weighted by molar-refractivity contribution is 0.387. The molecule has 5 heteroatoms. The molecule has 1 aromatic rings. The van der Waals surface area contributed by atoms with Gasteiger partial charge in [0.05, 0.1) is 0 Å². The van der Waals surface area contributed by atoms with Gasteiger partial charge in [0.2, 0.25) is 0 Å². The van der Waals surface area contributed by atoms with Gasteiger partial charge < -0.3 is 10.3 Å². The zero-order chi connectivity index (χ0) is 14.0. The summed E-state index contributed by atoms with van der Waals surface area (Å²) < 4.78 is 0. The molecule has 19 heavy (non-hydrogen) atoms. The van der Waals surface area contributed by atoms with Crippen LogP contribution in [0.15, 0.2) is 6.07 Å². The molecule has 5 nitrogen and oxygen atoms in total. The summed E-state index contributed by atoms with van der Waals surface area (Å²) in [5.41, 5.74) is 2.65. The minimum Gasteiger partial charge on any atom is -0.353 e. The first kappa shape index (κ1) is 14.1. The standard InChI is InChI=1S/C14H25N5/c1-9(2)14-16-12(18-15)7-13(17-14)19-8-10(3)5-6-11(19)4/h7,9-11H,5-6,8,15H2,1-4H3,(H,16,17,18). The number of nitrogen functional groups attached to an aromatic ring is 1. The number of nitrogens with zero attached hydrogens (tertiary/aromatic N) is 3. The number of aromatic nitrogens is 2. The van der Waals surface area contributed by atoms with Crippen molar-refractivity contribution in [2.24, 2.45) is 11.8 Å². The Hall–Kier alpha value is -1.36. The van der Waals surface area contributed by atoms with Crippen LogP contribution in [0, 0.1) is 5.92 Å². The fourth-order valence-electron chi connectivity index (χ4n) is 2.54. The molecule has 0 radical (unpaired) electrons. The SMILES string of the molecule is CC1CCC(C)N(c2cc(NN)nc(C(C)C)n2)C1. The van der Waals surface area contributed by atoms with Gasteiger partial charge in [-0.25, -0.2) is 15.8 Å². The summed E-state index contributed by atoms with van der Waals surface area (Å²) in [4.78, 5) is 11.5. The lowest BCUT2D eigenvalue weighted by Gasteiger charge is -2.38. The summed E-state index contributed by atoms with van der Waals surface area (Å²) >= 11 is 0. The van der Waals surface area contributed by atoms with Gasteiger partial charge in [0.25, 0.3) is 0 Å². The van der Waals surface area contributed by atoms with Crippen LogP contribution in [0.3, 0.4) is 0 Å². The molecule has 2 rings (SSSR count). The number of rotatable bonds is 3. The topological polar surface area (TPSA) is 67.1 Å². The van der Waals surface area contributed by atoms with Crippen molar-refractivity contribution in [3.63, 3.8) is 0 Å². The van der Waals surface area contributed by atoms with Gasteiger partial charge in [0, 0.05) is 24.6 Å². The average Bonchev–Trinajstić information content (AvgIpc) is 2.40. The zero-order valence-electron chi connectivity index (χ0n) is 12.3. The molecule has 0 saturated carbocycles. The second-order valence-electron chi connectivity index (χ2n) is 5.95. The number of anilines is 2. The van der Waals surface area contributed by atoms with Crippen LogP contribution in [-0.4, -0.2) is 22.6 Å². The molecule has 0 bridgehead atoms. The zero-order valence-corrected chi connectivity index (χ0v) is 12.3. The van der Waals surface area contributed by atoms with Crippen LogP contribution in [0.4, 0.5) is 11.6 Å². The van der Waals surface area contributed by atoms with E-state index in [2.05, 4.69) is 43.0 Å². The molecule has 1 saturated heterocycles. The third kappa shape index (κ3) is 3.15. The molecule has 2 atom stereocenters. The third-order valence-electron chi connectivity index (χ3n) is 3.81. The van der Waals surface area contributed by atoms with Gasteiger partial charge in [-0.05, 0) is 25.7 Å². The highest BCUT2D eigenvalue weighted by Crippen LogP contribution is 2.28. The van der Waals surface area contributed by atoms with Crippen molar-refractivity contribution >= 4 is 11.6 Å². The smallest absolute Gasteiger partial charge is 0.145 e. The Morgan fingerprint density at radius 1 is 1.32 bits per heavy atom. The van der Waals surface area contributed by atoms with Gasteiger partial charge in [-0.2, -0.15) is 0 Å². The van der Waals surface area contributed by atoms with Gasteiger partial charge in [-0.15, -0.1) is 0 Å². The van der Waals surface area contributed by atoms with Crippen molar-refractivity contribution < 1.29 is 0 Å². The van der Waals surface area contributed by atoms with Crippen LogP contribution in [0.25, 0.3) is 0 Å². The summed E-state index contributed by atoms with van der Waals surface area (Å²) in [5.74, 6) is 9.06. The van der Waals surface area contributed by atoms with Crippen molar-refractivity contribution in [1.29, 1.82) is 0 Å². The molecule has 2 unspecified atom stereocenters. The van der Waals surface area contributed by atoms with E-state index in [4.69, 9.17) is 10.8 Å². The highest BCUT2D eigenvalue weighted by molar-refractivity contribution is 5.50. The van der Waals surface area contributed by atoms with Crippen LogP contribution in [0.1, 0.15) is 52.3 Å². The molecule has 0 spiro atoms. The summed E-state index contributed by atoms with van der Waals surface area (Å²) in [7, 11) is 0. The van der Waals surface area contributed by atoms with Crippen molar-refractivity contribution in [3.05, 3.63) is 11.9 Å².